The van der Waals surface area contributed by atoms with Crippen LogP contribution in [0.1, 0.15) is 38.7 Å². The number of carbonyl (C=O) groups excluding carboxylic acids is 3. The Kier molecular flexibility index (Phi) is 7.82. The molecule has 1 saturated heterocycles. The molecule has 1 unspecified atom stereocenters. The Hall–Kier alpha value is -3.15. The molecule has 1 heterocycles. The van der Waals surface area contributed by atoms with Gasteiger partial charge in [-0.15, -0.1) is 0 Å². The minimum absolute atomic E-state index is 0.0623. The molecule has 1 aliphatic heterocycles. The SMILES string of the molecule is CCC(=O)N(c1ccccc1)C1CCN(C(=O)C(Cc2ccccc2)NC(C)=O)CC1. The number of para-hydroxylation sites is 1. The normalized spacial score (nSPS) is 15.2. The summed E-state index contributed by atoms with van der Waals surface area (Å²) in [6.45, 7) is 4.44. The number of carbonyl (C=O) groups is 3. The van der Waals surface area contributed by atoms with Crippen molar-refractivity contribution in [3.63, 3.8) is 0 Å². The van der Waals surface area contributed by atoms with Gasteiger partial charge in [-0.2, -0.15) is 0 Å². The predicted octanol–water partition coefficient (Wildman–Crippen LogP) is 3.17. The molecule has 1 aliphatic rings. The molecule has 2 aromatic carbocycles. The van der Waals surface area contributed by atoms with Gasteiger partial charge in [0.2, 0.25) is 17.7 Å². The molecular weight excluding hydrogens is 390 g/mol. The van der Waals surface area contributed by atoms with Crippen LogP contribution in [-0.2, 0) is 20.8 Å². The van der Waals surface area contributed by atoms with Crippen molar-refractivity contribution in [3.8, 4) is 0 Å². The Labute approximate surface area is 184 Å². The summed E-state index contributed by atoms with van der Waals surface area (Å²) in [5.74, 6) is -0.185. The van der Waals surface area contributed by atoms with Gasteiger partial charge in [-0.3, -0.25) is 14.4 Å². The number of anilines is 1. The summed E-state index contributed by atoms with van der Waals surface area (Å²) in [7, 11) is 0. The molecule has 1 atom stereocenters. The van der Waals surface area contributed by atoms with Crippen LogP contribution in [0.5, 0.6) is 0 Å². The van der Waals surface area contributed by atoms with E-state index in [9.17, 15) is 14.4 Å². The number of nitrogens with one attached hydrogen (secondary N) is 1. The van der Waals surface area contributed by atoms with Gasteiger partial charge in [-0.1, -0.05) is 55.5 Å². The van der Waals surface area contributed by atoms with Crippen molar-refractivity contribution in [1.82, 2.24) is 10.2 Å². The highest BCUT2D eigenvalue weighted by Crippen LogP contribution is 2.25. The summed E-state index contributed by atoms with van der Waals surface area (Å²) in [6, 6.07) is 18.9. The first-order valence-electron chi connectivity index (χ1n) is 11.0. The average molecular weight is 422 g/mol. The molecule has 0 spiro atoms. The molecule has 6 heteroatoms. The fourth-order valence-electron chi connectivity index (χ4n) is 4.18. The number of piperidine rings is 1. The van der Waals surface area contributed by atoms with E-state index in [4.69, 9.17) is 0 Å². The first kappa shape index (κ1) is 22.5. The van der Waals surface area contributed by atoms with Gasteiger partial charge in [0.25, 0.3) is 0 Å². The van der Waals surface area contributed by atoms with Crippen LogP contribution in [-0.4, -0.2) is 47.8 Å². The monoisotopic (exact) mass is 421 g/mol. The summed E-state index contributed by atoms with van der Waals surface area (Å²) in [4.78, 5) is 41.3. The second-order valence-corrected chi connectivity index (χ2v) is 7.95. The summed E-state index contributed by atoms with van der Waals surface area (Å²) >= 11 is 0. The molecule has 0 radical (unpaired) electrons. The second-order valence-electron chi connectivity index (χ2n) is 7.95. The molecule has 0 saturated carbocycles. The van der Waals surface area contributed by atoms with Crippen LogP contribution in [0.25, 0.3) is 0 Å². The van der Waals surface area contributed by atoms with Crippen molar-refractivity contribution < 1.29 is 14.4 Å². The highest BCUT2D eigenvalue weighted by molar-refractivity contribution is 5.94. The lowest BCUT2D eigenvalue weighted by Crippen LogP contribution is -2.54. The maximum absolute atomic E-state index is 13.2. The van der Waals surface area contributed by atoms with E-state index < -0.39 is 6.04 Å². The molecule has 1 fully saturated rings. The van der Waals surface area contributed by atoms with Crippen LogP contribution < -0.4 is 10.2 Å². The fourth-order valence-corrected chi connectivity index (χ4v) is 4.18. The van der Waals surface area contributed by atoms with E-state index in [1.165, 1.54) is 6.92 Å². The van der Waals surface area contributed by atoms with Gasteiger partial charge in [0.05, 0.1) is 0 Å². The molecular formula is C25H31N3O3. The number of hydrogen-bond donors (Lipinski definition) is 1. The summed E-state index contributed by atoms with van der Waals surface area (Å²) in [5.41, 5.74) is 1.91. The average Bonchev–Trinajstić information content (AvgIpc) is 2.80. The molecule has 6 nitrogen and oxygen atoms in total. The molecule has 0 aromatic heterocycles. The van der Waals surface area contributed by atoms with Crippen LogP contribution in [0.15, 0.2) is 60.7 Å². The van der Waals surface area contributed by atoms with E-state index >= 15 is 0 Å². The lowest BCUT2D eigenvalue weighted by atomic mass is 9.99. The van der Waals surface area contributed by atoms with Crippen molar-refractivity contribution in [3.05, 3.63) is 66.2 Å². The Morgan fingerprint density at radius 2 is 1.58 bits per heavy atom. The van der Waals surface area contributed by atoms with Crippen LogP contribution in [0, 0.1) is 0 Å². The highest BCUT2D eigenvalue weighted by atomic mass is 16.2. The van der Waals surface area contributed by atoms with Gasteiger partial charge in [-0.05, 0) is 30.5 Å². The van der Waals surface area contributed by atoms with Gasteiger partial charge < -0.3 is 15.1 Å². The number of likely N-dealkylation sites (tertiary alicyclic amines) is 1. The second kappa shape index (κ2) is 10.8. The van der Waals surface area contributed by atoms with Crippen molar-refractivity contribution in [2.45, 2.75) is 51.6 Å². The molecule has 31 heavy (non-hydrogen) atoms. The Morgan fingerprint density at radius 1 is 1.00 bits per heavy atom. The van der Waals surface area contributed by atoms with Gasteiger partial charge in [0.15, 0.2) is 0 Å². The maximum Gasteiger partial charge on any atom is 0.245 e. The van der Waals surface area contributed by atoms with Crippen LogP contribution in [0.2, 0.25) is 0 Å². The number of rotatable bonds is 7. The highest BCUT2D eigenvalue weighted by Gasteiger charge is 2.32. The fraction of sp³-hybridized carbons (Fsp3) is 0.400. The molecule has 3 amide bonds. The van der Waals surface area contributed by atoms with Crippen LogP contribution in [0.4, 0.5) is 5.69 Å². The molecule has 164 valence electrons. The molecule has 2 aromatic rings. The number of hydrogen-bond acceptors (Lipinski definition) is 3. The number of amides is 3. The molecule has 0 bridgehead atoms. The molecule has 1 N–H and O–H groups in total. The van der Waals surface area contributed by atoms with Gasteiger partial charge in [-0.25, -0.2) is 0 Å². The minimum Gasteiger partial charge on any atom is -0.344 e. The Balaban J connectivity index is 1.68. The van der Waals surface area contributed by atoms with Crippen molar-refractivity contribution in [2.24, 2.45) is 0 Å². The number of nitrogens with zero attached hydrogens (tertiary/aromatic N) is 2. The molecule has 3 rings (SSSR count). The van der Waals surface area contributed by atoms with E-state index in [2.05, 4.69) is 5.32 Å². The summed E-state index contributed by atoms with van der Waals surface area (Å²) < 4.78 is 0. The zero-order chi connectivity index (χ0) is 22.2. The van der Waals surface area contributed by atoms with Crippen molar-refractivity contribution in [1.29, 1.82) is 0 Å². The van der Waals surface area contributed by atoms with E-state index in [1.54, 1.807) is 0 Å². The van der Waals surface area contributed by atoms with Crippen LogP contribution >= 0.6 is 0 Å². The lowest BCUT2D eigenvalue weighted by molar-refractivity contribution is -0.137. The third-order valence-corrected chi connectivity index (χ3v) is 5.71. The first-order valence-corrected chi connectivity index (χ1v) is 11.0. The minimum atomic E-state index is -0.584. The van der Waals surface area contributed by atoms with Gasteiger partial charge in [0.1, 0.15) is 6.04 Å². The zero-order valence-electron chi connectivity index (χ0n) is 18.3. The summed E-state index contributed by atoms with van der Waals surface area (Å²) in [5, 5.41) is 2.82. The van der Waals surface area contributed by atoms with E-state index in [0.29, 0.717) is 38.8 Å². The predicted molar refractivity (Wildman–Crippen MR) is 122 cm³/mol. The Bertz CT molecular complexity index is 877. The maximum atomic E-state index is 13.2. The van der Waals surface area contributed by atoms with Gasteiger partial charge >= 0.3 is 0 Å². The zero-order valence-corrected chi connectivity index (χ0v) is 18.3. The summed E-state index contributed by atoms with van der Waals surface area (Å²) in [6.07, 6.45) is 2.33. The van der Waals surface area contributed by atoms with Crippen LogP contribution in [0.3, 0.4) is 0 Å². The lowest BCUT2D eigenvalue weighted by Gasteiger charge is -2.39. The molecule has 0 aliphatic carbocycles. The third kappa shape index (κ3) is 5.94. The largest absolute Gasteiger partial charge is 0.344 e. The smallest absolute Gasteiger partial charge is 0.245 e. The van der Waals surface area contributed by atoms with E-state index in [1.807, 2.05) is 77.4 Å². The third-order valence-electron chi connectivity index (χ3n) is 5.71. The first-order chi connectivity index (χ1) is 15.0. The Morgan fingerprint density at radius 3 is 2.13 bits per heavy atom. The standard InChI is InChI=1S/C25H31N3O3/c1-3-24(30)28(21-12-8-5-9-13-21)22-14-16-27(17-15-22)25(31)23(26-19(2)29)18-20-10-6-4-7-11-20/h4-13,22-23H,3,14-18H2,1-2H3,(H,26,29). The van der Waals surface area contributed by atoms with Crippen molar-refractivity contribution >= 4 is 23.4 Å². The van der Waals surface area contributed by atoms with E-state index in [0.717, 1.165) is 11.3 Å². The van der Waals surface area contributed by atoms with Crippen molar-refractivity contribution in [2.75, 3.05) is 18.0 Å². The topological polar surface area (TPSA) is 69.7 Å². The van der Waals surface area contributed by atoms with E-state index in [-0.39, 0.29) is 23.8 Å². The number of benzene rings is 2. The van der Waals surface area contributed by atoms with Gasteiger partial charge in [0, 0.05) is 44.6 Å². The quantitative estimate of drug-likeness (QED) is 0.747.